The smallest absolute Gasteiger partial charge is 0.317 e. The van der Waals surface area contributed by atoms with Crippen LogP contribution < -0.4 is 5.32 Å². The zero-order chi connectivity index (χ0) is 13.2. The fourth-order valence-corrected chi connectivity index (χ4v) is 3.88. The summed E-state index contributed by atoms with van der Waals surface area (Å²) in [6.45, 7) is 0.865. The van der Waals surface area contributed by atoms with Crippen LogP contribution in [-0.4, -0.2) is 63.2 Å². The number of sulfone groups is 1. The number of urea groups is 1. The van der Waals surface area contributed by atoms with Gasteiger partial charge in [-0.2, -0.15) is 0 Å². The highest BCUT2D eigenvalue weighted by Gasteiger charge is 2.36. The van der Waals surface area contributed by atoms with Crippen molar-refractivity contribution in [1.82, 2.24) is 10.2 Å². The zero-order valence-electron chi connectivity index (χ0n) is 10.6. The molecule has 0 radical (unpaired) electrons. The number of methoxy groups -OCH3 is 1. The second-order valence-corrected chi connectivity index (χ2v) is 7.20. The molecule has 2 amide bonds. The van der Waals surface area contributed by atoms with E-state index in [1.165, 1.54) is 0 Å². The lowest BCUT2D eigenvalue weighted by Crippen LogP contribution is -2.48. The number of carbonyl (C=O) groups excluding carboxylic acids is 1. The molecule has 1 saturated heterocycles. The van der Waals surface area contributed by atoms with Gasteiger partial charge in [0, 0.05) is 25.7 Å². The van der Waals surface area contributed by atoms with E-state index < -0.39 is 9.84 Å². The first-order valence-corrected chi connectivity index (χ1v) is 8.10. The van der Waals surface area contributed by atoms with Crippen LogP contribution in [0.25, 0.3) is 0 Å². The Labute approximate surface area is 108 Å². The van der Waals surface area contributed by atoms with Gasteiger partial charge >= 0.3 is 6.03 Å². The second kappa shape index (κ2) is 5.44. The Morgan fingerprint density at radius 1 is 1.39 bits per heavy atom. The van der Waals surface area contributed by atoms with Crippen molar-refractivity contribution in [3.05, 3.63) is 0 Å². The third-order valence-corrected chi connectivity index (χ3v) is 5.10. The predicted octanol–water partition coefficient (Wildman–Crippen LogP) is -0.00610. The molecule has 0 spiro atoms. The van der Waals surface area contributed by atoms with Crippen LogP contribution in [0.4, 0.5) is 4.79 Å². The Hall–Kier alpha value is -0.820. The fraction of sp³-hybridized carbons (Fsp3) is 0.909. The Morgan fingerprint density at radius 3 is 2.61 bits per heavy atom. The number of hydrogen-bond acceptors (Lipinski definition) is 4. The highest BCUT2D eigenvalue weighted by molar-refractivity contribution is 7.91. The number of nitrogens with one attached hydrogen (secondary N) is 1. The summed E-state index contributed by atoms with van der Waals surface area (Å²) in [7, 11) is -1.40. The first kappa shape index (κ1) is 13.6. The van der Waals surface area contributed by atoms with Crippen molar-refractivity contribution in [2.75, 3.05) is 31.8 Å². The summed E-state index contributed by atoms with van der Waals surface area (Å²) in [6, 6.07) is -0.0823. The minimum absolute atomic E-state index is 0.0782. The van der Waals surface area contributed by atoms with Gasteiger partial charge in [-0.1, -0.05) is 0 Å². The van der Waals surface area contributed by atoms with E-state index in [-0.39, 0.29) is 29.6 Å². The number of nitrogens with zero attached hydrogens (tertiary/aromatic N) is 1. The van der Waals surface area contributed by atoms with Crippen LogP contribution in [0.3, 0.4) is 0 Å². The monoisotopic (exact) mass is 276 g/mol. The molecular formula is C11H20N2O4S. The molecule has 0 aromatic rings. The molecule has 2 fully saturated rings. The van der Waals surface area contributed by atoms with Crippen LogP contribution in [0.2, 0.25) is 0 Å². The number of hydrogen-bond donors (Lipinski definition) is 1. The molecule has 18 heavy (non-hydrogen) atoms. The van der Waals surface area contributed by atoms with E-state index in [0.29, 0.717) is 19.6 Å². The van der Waals surface area contributed by atoms with Gasteiger partial charge in [-0.05, 0) is 19.3 Å². The Bertz CT molecular complexity index is 405. The van der Waals surface area contributed by atoms with Crippen molar-refractivity contribution >= 4 is 15.9 Å². The summed E-state index contributed by atoms with van der Waals surface area (Å²) >= 11 is 0. The summed E-state index contributed by atoms with van der Waals surface area (Å²) in [5.74, 6) is 0.257. The van der Waals surface area contributed by atoms with Crippen molar-refractivity contribution in [2.24, 2.45) is 0 Å². The number of ether oxygens (including phenoxy) is 1. The molecule has 1 unspecified atom stereocenters. The maximum absolute atomic E-state index is 12.1. The lowest BCUT2D eigenvalue weighted by molar-refractivity contribution is 0.133. The van der Waals surface area contributed by atoms with Crippen LogP contribution >= 0.6 is 0 Å². The molecule has 2 rings (SSSR count). The minimum Gasteiger partial charge on any atom is -0.383 e. The van der Waals surface area contributed by atoms with Gasteiger partial charge in [0.15, 0.2) is 9.84 Å². The lowest BCUT2D eigenvalue weighted by atomic mass is 10.2. The summed E-state index contributed by atoms with van der Waals surface area (Å²) in [4.78, 5) is 13.7. The summed E-state index contributed by atoms with van der Waals surface area (Å²) < 4.78 is 28.0. The van der Waals surface area contributed by atoms with E-state index in [2.05, 4.69) is 5.32 Å². The molecule has 0 bridgehead atoms. The fourth-order valence-electron chi connectivity index (χ4n) is 2.15. The molecule has 1 atom stereocenters. The highest BCUT2D eigenvalue weighted by Crippen LogP contribution is 2.21. The van der Waals surface area contributed by atoms with Crippen molar-refractivity contribution in [3.63, 3.8) is 0 Å². The molecule has 1 aliphatic carbocycles. The van der Waals surface area contributed by atoms with Gasteiger partial charge in [0.05, 0.1) is 18.1 Å². The molecule has 1 aliphatic heterocycles. The predicted molar refractivity (Wildman–Crippen MR) is 67.2 cm³/mol. The summed E-state index contributed by atoms with van der Waals surface area (Å²) in [5, 5.41) is 2.90. The zero-order valence-corrected chi connectivity index (χ0v) is 11.4. The molecule has 0 aromatic heterocycles. The van der Waals surface area contributed by atoms with E-state index in [9.17, 15) is 13.2 Å². The highest BCUT2D eigenvalue weighted by atomic mass is 32.2. The van der Waals surface area contributed by atoms with Crippen LogP contribution in [-0.2, 0) is 14.6 Å². The molecule has 1 saturated carbocycles. The average molecular weight is 276 g/mol. The Morgan fingerprint density at radius 2 is 2.11 bits per heavy atom. The standard InChI is InChI=1S/C11H20N2O4S/c1-17-6-5-13(11(14)12-9-2-3-9)10-4-7-18(15,16)8-10/h9-10H,2-8H2,1H3,(H,12,14). The Balaban J connectivity index is 1.97. The minimum atomic E-state index is -2.97. The average Bonchev–Trinajstić information content (AvgIpc) is 3.03. The normalized spacial score (nSPS) is 25.9. The number of carbonyl (C=O) groups is 1. The van der Waals surface area contributed by atoms with Crippen LogP contribution in [0.1, 0.15) is 19.3 Å². The van der Waals surface area contributed by atoms with Gasteiger partial charge in [0.1, 0.15) is 0 Å². The van der Waals surface area contributed by atoms with Gasteiger partial charge in [0.2, 0.25) is 0 Å². The van der Waals surface area contributed by atoms with E-state index in [1.807, 2.05) is 0 Å². The molecule has 6 nitrogen and oxygen atoms in total. The van der Waals surface area contributed by atoms with E-state index in [0.717, 1.165) is 12.8 Å². The largest absolute Gasteiger partial charge is 0.383 e. The molecule has 1 N–H and O–H groups in total. The third kappa shape index (κ3) is 3.58. The number of amides is 2. The van der Waals surface area contributed by atoms with Crippen molar-refractivity contribution in [1.29, 1.82) is 0 Å². The first-order chi connectivity index (χ1) is 8.52. The summed E-state index contributed by atoms with van der Waals surface area (Å²) in [5.41, 5.74) is 0. The van der Waals surface area contributed by atoms with E-state index in [4.69, 9.17) is 4.74 Å². The lowest BCUT2D eigenvalue weighted by Gasteiger charge is -2.28. The van der Waals surface area contributed by atoms with Crippen LogP contribution in [0.5, 0.6) is 0 Å². The molecule has 0 aromatic carbocycles. The number of rotatable bonds is 5. The van der Waals surface area contributed by atoms with Crippen LogP contribution in [0, 0.1) is 0 Å². The maximum atomic E-state index is 12.1. The van der Waals surface area contributed by atoms with Crippen LogP contribution in [0.15, 0.2) is 0 Å². The third-order valence-electron chi connectivity index (χ3n) is 3.35. The quantitative estimate of drug-likeness (QED) is 0.766. The topological polar surface area (TPSA) is 75.7 Å². The van der Waals surface area contributed by atoms with Gasteiger partial charge in [0.25, 0.3) is 0 Å². The van der Waals surface area contributed by atoms with Gasteiger partial charge in [-0.15, -0.1) is 0 Å². The molecule has 1 heterocycles. The molecular weight excluding hydrogens is 256 g/mol. The van der Waals surface area contributed by atoms with E-state index in [1.54, 1.807) is 12.0 Å². The van der Waals surface area contributed by atoms with Crippen molar-refractivity contribution in [3.8, 4) is 0 Å². The molecule has 104 valence electrons. The second-order valence-electron chi connectivity index (χ2n) is 4.97. The van der Waals surface area contributed by atoms with Gasteiger partial charge in [-0.3, -0.25) is 0 Å². The SMILES string of the molecule is COCCN(C(=O)NC1CC1)C1CCS(=O)(=O)C1. The maximum Gasteiger partial charge on any atom is 0.317 e. The summed E-state index contributed by atoms with van der Waals surface area (Å²) in [6.07, 6.45) is 2.57. The van der Waals surface area contributed by atoms with Crippen molar-refractivity contribution < 1.29 is 17.9 Å². The van der Waals surface area contributed by atoms with Gasteiger partial charge < -0.3 is 15.0 Å². The van der Waals surface area contributed by atoms with Gasteiger partial charge in [-0.25, -0.2) is 13.2 Å². The Kier molecular flexibility index (Phi) is 4.11. The van der Waals surface area contributed by atoms with Crippen molar-refractivity contribution in [2.45, 2.75) is 31.3 Å². The molecule has 7 heteroatoms. The first-order valence-electron chi connectivity index (χ1n) is 6.28. The van der Waals surface area contributed by atoms with E-state index >= 15 is 0 Å². The molecule has 2 aliphatic rings.